The summed E-state index contributed by atoms with van der Waals surface area (Å²) in [6.45, 7) is 0.723. The van der Waals surface area contributed by atoms with Crippen LogP contribution in [0.15, 0.2) is 48.5 Å². The maximum Gasteiger partial charge on any atom is 0.257 e. The average molecular weight is 329 g/mol. The molecule has 5 heteroatoms. The third-order valence-corrected chi connectivity index (χ3v) is 4.19. The molecule has 0 atom stereocenters. The Hall–Kier alpha value is -2.33. The molecule has 1 fully saturated rings. The van der Waals surface area contributed by atoms with E-state index in [4.69, 9.17) is 11.6 Å². The molecule has 1 aliphatic rings. The van der Waals surface area contributed by atoms with Crippen molar-refractivity contribution in [2.45, 2.75) is 19.3 Å². The monoisotopic (exact) mass is 328 g/mol. The second-order valence-corrected chi connectivity index (χ2v) is 5.89. The summed E-state index contributed by atoms with van der Waals surface area (Å²) in [5.41, 5.74) is 1.88. The highest BCUT2D eigenvalue weighted by molar-refractivity contribution is 6.34. The lowest BCUT2D eigenvalue weighted by atomic mass is 10.1. The highest BCUT2D eigenvalue weighted by atomic mass is 35.5. The van der Waals surface area contributed by atoms with Gasteiger partial charge in [-0.1, -0.05) is 29.8 Å². The van der Waals surface area contributed by atoms with Gasteiger partial charge in [0.2, 0.25) is 5.91 Å². The molecule has 0 bridgehead atoms. The average Bonchev–Trinajstić information content (AvgIpc) is 2.56. The Morgan fingerprint density at radius 3 is 2.70 bits per heavy atom. The Morgan fingerprint density at radius 2 is 1.91 bits per heavy atom. The zero-order valence-corrected chi connectivity index (χ0v) is 13.3. The van der Waals surface area contributed by atoms with Crippen LogP contribution in [0, 0.1) is 0 Å². The third kappa shape index (κ3) is 3.54. The largest absolute Gasteiger partial charge is 0.322 e. The molecule has 1 heterocycles. The first-order valence-corrected chi connectivity index (χ1v) is 7.99. The number of carbonyl (C=O) groups is 2. The van der Waals surface area contributed by atoms with Crippen molar-refractivity contribution in [3.8, 4) is 0 Å². The Morgan fingerprint density at radius 1 is 1.09 bits per heavy atom. The van der Waals surface area contributed by atoms with Crippen molar-refractivity contribution < 1.29 is 9.59 Å². The number of benzene rings is 2. The fourth-order valence-electron chi connectivity index (χ4n) is 2.67. The van der Waals surface area contributed by atoms with Crippen LogP contribution in [0.2, 0.25) is 5.02 Å². The summed E-state index contributed by atoms with van der Waals surface area (Å²) in [5, 5.41) is 3.24. The standard InChI is InChI=1S/C18H17ClN2O2/c19-16-9-2-1-8-15(16)18(23)20-13-6-5-7-14(12-13)21-11-4-3-10-17(21)22/h1-2,5-9,12H,3-4,10-11H2,(H,20,23). The number of hydrogen-bond donors (Lipinski definition) is 1. The van der Waals surface area contributed by atoms with Gasteiger partial charge in [-0.25, -0.2) is 0 Å². The summed E-state index contributed by atoms with van der Waals surface area (Å²) in [6, 6.07) is 14.2. The van der Waals surface area contributed by atoms with Gasteiger partial charge >= 0.3 is 0 Å². The highest BCUT2D eigenvalue weighted by Gasteiger charge is 2.20. The van der Waals surface area contributed by atoms with Gasteiger partial charge < -0.3 is 10.2 Å². The molecule has 2 amide bonds. The molecular weight excluding hydrogens is 312 g/mol. The van der Waals surface area contributed by atoms with E-state index in [0.29, 0.717) is 22.7 Å². The van der Waals surface area contributed by atoms with Gasteiger partial charge in [0.15, 0.2) is 0 Å². The van der Waals surface area contributed by atoms with Crippen molar-refractivity contribution in [3.05, 3.63) is 59.1 Å². The van der Waals surface area contributed by atoms with Crippen LogP contribution in [-0.2, 0) is 4.79 Å². The number of nitrogens with zero attached hydrogens (tertiary/aromatic N) is 1. The lowest BCUT2D eigenvalue weighted by molar-refractivity contribution is -0.119. The SMILES string of the molecule is O=C(Nc1cccc(N2CCCCC2=O)c1)c1ccccc1Cl. The second kappa shape index (κ2) is 6.84. The highest BCUT2D eigenvalue weighted by Crippen LogP contribution is 2.24. The number of rotatable bonds is 3. The van der Waals surface area contributed by atoms with E-state index in [1.807, 2.05) is 18.2 Å². The van der Waals surface area contributed by atoms with E-state index in [-0.39, 0.29) is 11.8 Å². The fraction of sp³-hybridized carbons (Fsp3) is 0.222. The first kappa shape index (κ1) is 15.6. The molecule has 1 N–H and O–H groups in total. The van der Waals surface area contributed by atoms with Crippen molar-refractivity contribution >= 4 is 34.8 Å². The van der Waals surface area contributed by atoms with E-state index >= 15 is 0 Å². The van der Waals surface area contributed by atoms with Crippen LogP contribution >= 0.6 is 11.6 Å². The summed E-state index contributed by atoms with van der Waals surface area (Å²) in [4.78, 5) is 26.1. The predicted octanol–water partition coefficient (Wildman–Crippen LogP) is 4.11. The molecule has 0 spiro atoms. The van der Waals surface area contributed by atoms with Gasteiger partial charge in [-0.3, -0.25) is 9.59 Å². The van der Waals surface area contributed by atoms with E-state index < -0.39 is 0 Å². The van der Waals surface area contributed by atoms with E-state index in [9.17, 15) is 9.59 Å². The minimum atomic E-state index is -0.266. The van der Waals surface area contributed by atoms with Crippen molar-refractivity contribution in [1.82, 2.24) is 0 Å². The van der Waals surface area contributed by atoms with Crippen LogP contribution in [-0.4, -0.2) is 18.4 Å². The minimum Gasteiger partial charge on any atom is -0.322 e. The Kier molecular flexibility index (Phi) is 4.63. The Balaban J connectivity index is 1.79. The van der Waals surface area contributed by atoms with Gasteiger partial charge in [0.25, 0.3) is 5.91 Å². The topological polar surface area (TPSA) is 49.4 Å². The molecule has 2 aromatic carbocycles. The summed E-state index contributed by atoms with van der Waals surface area (Å²) in [5.74, 6) is -0.136. The molecule has 0 aliphatic carbocycles. The van der Waals surface area contributed by atoms with Gasteiger partial charge in [0.05, 0.1) is 10.6 Å². The number of hydrogen-bond acceptors (Lipinski definition) is 2. The molecular formula is C18H17ClN2O2. The number of anilines is 2. The smallest absolute Gasteiger partial charge is 0.257 e. The van der Waals surface area contributed by atoms with Gasteiger partial charge in [0.1, 0.15) is 0 Å². The Labute approximate surface area is 140 Å². The van der Waals surface area contributed by atoms with Crippen molar-refractivity contribution in [3.63, 3.8) is 0 Å². The molecule has 0 unspecified atom stereocenters. The first-order chi connectivity index (χ1) is 11.1. The minimum absolute atomic E-state index is 0.130. The van der Waals surface area contributed by atoms with Crippen molar-refractivity contribution in [2.75, 3.05) is 16.8 Å². The number of amides is 2. The van der Waals surface area contributed by atoms with E-state index in [2.05, 4.69) is 5.32 Å². The Bertz CT molecular complexity index is 745. The molecule has 0 saturated carbocycles. The molecule has 118 valence electrons. The van der Waals surface area contributed by atoms with Crippen LogP contribution in [0.4, 0.5) is 11.4 Å². The fourth-order valence-corrected chi connectivity index (χ4v) is 2.90. The van der Waals surface area contributed by atoms with Gasteiger partial charge in [0, 0.05) is 24.3 Å². The van der Waals surface area contributed by atoms with Crippen LogP contribution in [0.3, 0.4) is 0 Å². The first-order valence-electron chi connectivity index (χ1n) is 7.61. The van der Waals surface area contributed by atoms with Gasteiger partial charge in [-0.05, 0) is 43.2 Å². The molecule has 0 radical (unpaired) electrons. The summed E-state index contributed by atoms with van der Waals surface area (Å²) in [6.07, 6.45) is 2.52. The molecule has 1 saturated heterocycles. The maximum absolute atomic E-state index is 12.3. The molecule has 3 rings (SSSR count). The zero-order valence-electron chi connectivity index (χ0n) is 12.6. The molecule has 23 heavy (non-hydrogen) atoms. The van der Waals surface area contributed by atoms with Crippen LogP contribution in [0.25, 0.3) is 0 Å². The predicted molar refractivity (Wildman–Crippen MR) is 92.1 cm³/mol. The summed E-state index contributed by atoms with van der Waals surface area (Å²) < 4.78 is 0. The normalized spacial score (nSPS) is 14.7. The van der Waals surface area contributed by atoms with Crippen LogP contribution in [0.1, 0.15) is 29.6 Å². The molecule has 4 nitrogen and oxygen atoms in total. The summed E-state index contributed by atoms with van der Waals surface area (Å²) in [7, 11) is 0. The van der Waals surface area contributed by atoms with Gasteiger partial charge in [-0.2, -0.15) is 0 Å². The third-order valence-electron chi connectivity index (χ3n) is 3.86. The van der Waals surface area contributed by atoms with Crippen molar-refractivity contribution in [2.24, 2.45) is 0 Å². The lowest BCUT2D eigenvalue weighted by Gasteiger charge is -2.27. The number of carbonyl (C=O) groups excluding carboxylic acids is 2. The number of nitrogens with one attached hydrogen (secondary N) is 1. The molecule has 2 aromatic rings. The second-order valence-electron chi connectivity index (χ2n) is 5.49. The quantitative estimate of drug-likeness (QED) is 0.921. The van der Waals surface area contributed by atoms with E-state index in [1.54, 1.807) is 35.2 Å². The maximum atomic E-state index is 12.3. The van der Waals surface area contributed by atoms with Gasteiger partial charge in [-0.15, -0.1) is 0 Å². The number of halogens is 1. The summed E-state index contributed by atoms with van der Waals surface area (Å²) >= 11 is 6.04. The van der Waals surface area contributed by atoms with Crippen molar-refractivity contribution in [1.29, 1.82) is 0 Å². The lowest BCUT2D eigenvalue weighted by Crippen LogP contribution is -2.35. The van der Waals surface area contributed by atoms with E-state index in [1.165, 1.54) is 0 Å². The number of piperidine rings is 1. The van der Waals surface area contributed by atoms with E-state index in [0.717, 1.165) is 25.1 Å². The van der Waals surface area contributed by atoms with Crippen LogP contribution in [0.5, 0.6) is 0 Å². The van der Waals surface area contributed by atoms with Crippen LogP contribution < -0.4 is 10.2 Å². The molecule has 0 aromatic heterocycles. The molecule has 1 aliphatic heterocycles. The zero-order chi connectivity index (χ0) is 16.2.